The number of nitrogens with zero attached hydrogens (tertiary/aromatic N) is 1. The topological polar surface area (TPSA) is 40.5 Å². The van der Waals surface area contributed by atoms with Crippen molar-refractivity contribution in [1.29, 1.82) is 0 Å². The fourth-order valence-corrected chi connectivity index (χ4v) is 3.81. The summed E-state index contributed by atoms with van der Waals surface area (Å²) in [4.78, 5) is 14.6. The van der Waals surface area contributed by atoms with Gasteiger partial charge in [-0.3, -0.25) is 4.79 Å². The van der Waals surface area contributed by atoms with Gasteiger partial charge in [0.25, 0.3) is 5.91 Å². The Balaban J connectivity index is 2.16. The van der Waals surface area contributed by atoms with Crippen molar-refractivity contribution in [1.82, 2.24) is 4.90 Å². The Hall–Kier alpha value is -1.77. The van der Waals surface area contributed by atoms with E-state index in [0.29, 0.717) is 11.3 Å². The number of hydrogen-bond acceptors (Lipinski definition) is 2. The zero-order chi connectivity index (χ0) is 15.1. The second kappa shape index (κ2) is 5.21. The average Bonchev–Trinajstić information content (AvgIpc) is 2.71. The quantitative estimate of drug-likeness (QED) is 0.903. The molecule has 2 aliphatic rings. The highest BCUT2D eigenvalue weighted by molar-refractivity contribution is 6.23. The number of aliphatic hydroxyl groups is 1. The molecule has 0 aliphatic carbocycles. The summed E-state index contributed by atoms with van der Waals surface area (Å²) < 4.78 is 0. The van der Waals surface area contributed by atoms with Crippen LogP contribution < -0.4 is 0 Å². The van der Waals surface area contributed by atoms with E-state index < -0.39 is 0 Å². The van der Waals surface area contributed by atoms with Crippen molar-refractivity contribution in [3.8, 4) is 0 Å². The molecular formula is C18H23NO2. The standard InChI is InChI=1S/C18H23NO2/c1-4-13-10-11(2)9-12(3)15(13)16-17(20)14-7-5-6-8-19(14)18(16)21/h9-10,14,20H,4-8H2,1-3H3. The molecule has 1 saturated heterocycles. The van der Waals surface area contributed by atoms with Crippen LogP contribution in [0.2, 0.25) is 0 Å². The summed E-state index contributed by atoms with van der Waals surface area (Å²) in [7, 11) is 0. The lowest BCUT2D eigenvalue weighted by Crippen LogP contribution is -2.39. The molecule has 0 saturated carbocycles. The van der Waals surface area contributed by atoms with Gasteiger partial charge in [0, 0.05) is 6.54 Å². The highest BCUT2D eigenvalue weighted by Gasteiger charge is 2.41. The van der Waals surface area contributed by atoms with E-state index in [1.165, 1.54) is 5.56 Å². The first kappa shape index (κ1) is 14.2. The second-order valence-electron chi connectivity index (χ2n) is 6.24. The molecule has 21 heavy (non-hydrogen) atoms. The smallest absolute Gasteiger partial charge is 0.258 e. The van der Waals surface area contributed by atoms with E-state index in [9.17, 15) is 9.90 Å². The summed E-state index contributed by atoms with van der Waals surface area (Å²) in [6.07, 6.45) is 3.87. The molecular weight excluding hydrogens is 262 g/mol. The number of aryl methyl sites for hydroxylation is 3. The number of carbonyl (C=O) groups is 1. The van der Waals surface area contributed by atoms with E-state index in [-0.39, 0.29) is 11.9 Å². The van der Waals surface area contributed by atoms with Gasteiger partial charge < -0.3 is 10.0 Å². The molecule has 0 bridgehead atoms. The van der Waals surface area contributed by atoms with Crippen LogP contribution in [-0.2, 0) is 11.2 Å². The molecule has 0 radical (unpaired) electrons. The molecule has 112 valence electrons. The summed E-state index contributed by atoms with van der Waals surface area (Å²) in [5.74, 6) is 0.306. The van der Waals surface area contributed by atoms with Gasteiger partial charge in [-0.15, -0.1) is 0 Å². The van der Waals surface area contributed by atoms with Crippen LogP contribution in [-0.4, -0.2) is 28.5 Å². The molecule has 1 N–H and O–H groups in total. The lowest BCUT2D eigenvalue weighted by atomic mass is 9.91. The van der Waals surface area contributed by atoms with Crippen LogP contribution in [0.25, 0.3) is 5.57 Å². The van der Waals surface area contributed by atoms with Crippen LogP contribution in [0.4, 0.5) is 0 Å². The van der Waals surface area contributed by atoms with Gasteiger partial charge in [0.1, 0.15) is 5.76 Å². The number of benzene rings is 1. The van der Waals surface area contributed by atoms with Crippen LogP contribution in [0.3, 0.4) is 0 Å². The van der Waals surface area contributed by atoms with Crippen LogP contribution in [0, 0.1) is 13.8 Å². The highest BCUT2D eigenvalue weighted by atomic mass is 16.3. The minimum Gasteiger partial charge on any atom is -0.509 e. The molecule has 2 aliphatic heterocycles. The monoisotopic (exact) mass is 285 g/mol. The van der Waals surface area contributed by atoms with Crippen LogP contribution >= 0.6 is 0 Å². The molecule has 1 atom stereocenters. The largest absolute Gasteiger partial charge is 0.509 e. The maximum atomic E-state index is 12.8. The van der Waals surface area contributed by atoms with Crippen molar-refractivity contribution in [2.45, 2.75) is 52.5 Å². The fraction of sp³-hybridized carbons (Fsp3) is 0.500. The molecule has 3 heteroatoms. The van der Waals surface area contributed by atoms with Gasteiger partial charge in [-0.05, 0) is 56.2 Å². The van der Waals surface area contributed by atoms with Crippen LogP contribution in [0.15, 0.2) is 17.9 Å². The maximum absolute atomic E-state index is 12.8. The van der Waals surface area contributed by atoms with Gasteiger partial charge in [-0.1, -0.05) is 24.6 Å². The number of carbonyl (C=O) groups excluding carboxylic acids is 1. The number of piperidine rings is 1. The molecule has 3 nitrogen and oxygen atoms in total. The van der Waals surface area contributed by atoms with E-state index in [0.717, 1.165) is 48.9 Å². The highest BCUT2D eigenvalue weighted by Crippen LogP contribution is 2.39. The minimum absolute atomic E-state index is 0.0128. The van der Waals surface area contributed by atoms with Crippen molar-refractivity contribution in [2.24, 2.45) is 0 Å². The van der Waals surface area contributed by atoms with E-state index >= 15 is 0 Å². The molecule has 1 amide bonds. The third kappa shape index (κ3) is 2.15. The van der Waals surface area contributed by atoms with Gasteiger partial charge in [0.15, 0.2) is 0 Å². The number of amides is 1. The lowest BCUT2D eigenvalue weighted by Gasteiger charge is -2.29. The number of aliphatic hydroxyl groups excluding tert-OH is 1. The van der Waals surface area contributed by atoms with E-state index in [1.54, 1.807) is 0 Å². The van der Waals surface area contributed by atoms with E-state index in [4.69, 9.17) is 0 Å². The van der Waals surface area contributed by atoms with Gasteiger partial charge in [0.2, 0.25) is 0 Å². The van der Waals surface area contributed by atoms with Crippen molar-refractivity contribution >= 4 is 11.5 Å². The van der Waals surface area contributed by atoms with E-state index in [1.807, 2.05) is 11.8 Å². The molecule has 0 spiro atoms. The SMILES string of the molecule is CCc1cc(C)cc(C)c1C1=C(O)C2CCCCN2C1=O. The van der Waals surface area contributed by atoms with E-state index in [2.05, 4.69) is 26.0 Å². The van der Waals surface area contributed by atoms with Crippen molar-refractivity contribution in [2.75, 3.05) is 6.54 Å². The molecule has 2 heterocycles. The Kier molecular flexibility index (Phi) is 3.52. The summed E-state index contributed by atoms with van der Waals surface area (Å²) in [6, 6.07) is 4.14. The molecule has 1 fully saturated rings. The molecule has 1 aromatic carbocycles. The zero-order valence-corrected chi connectivity index (χ0v) is 13.1. The first-order valence-electron chi connectivity index (χ1n) is 7.89. The predicted molar refractivity (Wildman–Crippen MR) is 84.2 cm³/mol. The second-order valence-corrected chi connectivity index (χ2v) is 6.24. The Morgan fingerprint density at radius 2 is 2.05 bits per heavy atom. The van der Waals surface area contributed by atoms with Crippen molar-refractivity contribution in [3.63, 3.8) is 0 Å². The van der Waals surface area contributed by atoms with Crippen molar-refractivity contribution in [3.05, 3.63) is 40.1 Å². The Morgan fingerprint density at radius 3 is 2.71 bits per heavy atom. The molecule has 1 aromatic rings. The molecule has 3 rings (SSSR count). The predicted octanol–water partition coefficient (Wildman–Crippen LogP) is 3.53. The average molecular weight is 285 g/mol. The third-order valence-corrected chi connectivity index (χ3v) is 4.74. The molecule has 1 unspecified atom stereocenters. The Morgan fingerprint density at radius 1 is 1.29 bits per heavy atom. The Bertz CT molecular complexity index is 630. The van der Waals surface area contributed by atoms with Gasteiger partial charge in [0.05, 0.1) is 11.6 Å². The molecule has 0 aromatic heterocycles. The van der Waals surface area contributed by atoms with Crippen molar-refractivity contribution < 1.29 is 9.90 Å². The van der Waals surface area contributed by atoms with Gasteiger partial charge in [-0.2, -0.15) is 0 Å². The zero-order valence-electron chi connectivity index (χ0n) is 13.1. The van der Waals surface area contributed by atoms with Crippen LogP contribution in [0.5, 0.6) is 0 Å². The van der Waals surface area contributed by atoms with Gasteiger partial charge in [-0.25, -0.2) is 0 Å². The number of rotatable bonds is 2. The number of fused-ring (bicyclic) bond motifs is 1. The normalized spacial score (nSPS) is 22.0. The summed E-state index contributed by atoms with van der Waals surface area (Å²) in [5.41, 5.74) is 4.96. The maximum Gasteiger partial charge on any atom is 0.258 e. The number of hydrogen-bond donors (Lipinski definition) is 1. The fourth-order valence-electron chi connectivity index (χ4n) is 3.81. The summed E-state index contributed by atoms with van der Waals surface area (Å²) >= 11 is 0. The summed E-state index contributed by atoms with van der Waals surface area (Å²) in [5, 5.41) is 10.6. The third-order valence-electron chi connectivity index (χ3n) is 4.74. The minimum atomic E-state index is -0.0911. The first-order valence-corrected chi connectivity index (χ1v) is 7.89. The Labute approximate surface area is 126 Å². The van der Waals surface area contributed by atoms with Crippen LogP contribution in [0.1, 0.15) is 48.4 Å². The summed E-state index contributed by atoms with van der Waals surface area (Å²) in [6.45, 7) is 6.97. The lowest BCUT2D eigenvalue weighted by molar-refractivity contribution is -0.126. The first-order chi connectivity index (χ1) is 10.0. The van der Waals surface area contributed by atoms with Gasteiger partial charge >= 0.3 is 0 Å².